The Morgan fingerprint density at radius 2 is 2.20 bits per heavy atom. The van der Waals surface area contributed by atoms with Crippen LogP contribution in [0.25, 0.3) is 0 Å². The molecule has 0 bridgehead atoms. The molecule has 20 heavy (non-hydrogen) atoms. The molecule has 1 heterocycles. The third kappa shape index (κ3) is 2.84. The lowest BCUT2D eigenvalue weighted by Gasteiger charge is -2.33. The molecule has 2 atom stereocenters. The molecule has 1 aliphatic heterocycles. The minimum atomic E-state index is -1.08. The van der Waals surface area contributed by atoms with Crippen molar-refractivity contribution in [2.24, 2.45) is 0 Å². The largest absolute Gasteiger partial charge is 0.478 e. The number of aliphatic carboxylic acids is 1. The third-order valence-electron chi connectivity index (χ3n) is 3.28. The summed E-state index contributed by atoms with van der Waals surface area (Å²) in [6.07, 6.45) is -0.243. The Morgan fingerprint density at radius 1 is 1.50 bits per heavy atom. The Morgan fingerprint density at radius 3 is 2.85 bits per heavy atom. The molecule has 108 valence electrons. The number of ether oxygens (including phenoxy) is 1. The minimum Gasteiger partial charge on any atom is -0.478 e. The molecule has 2 unspecified atom stereocenters. The van der Waals surface area contributed by atoms with E-state index in [2.05, 4.69) is 5.32 Å². The van der Waals surface area contributed by atoms with Crippen molar-refractivity contribution in [3.05, 3.63) is 24.3 Å². The highest BCUT2D eigenvalue weighted by molar-refractivity contribution is 5.95. The van der Waals surface area contributed by atoms with Crippen molar-refractivity contribution in [3.63, 3.8) is 0 Å². The summed E-state index contributed by atoms with van der Waals surface area (Å²) in [7, 11) is 0. The van der Waals surface area contributed by atoms with Crippen molar-refractivity contribution in [3.8, 4) is 5.75 Å². The minimum absolute atomic E-state index is 0.00534. The molecule has 1 aromatic carbocycles. The number of carbonyl (C=O) groups is 2. The fourth-order valence-electron chi connectivity index (χ4n) is 1.95. The topological polar surface area (TPSA) is 78.9 Å². The number of amides is 2. The lowest BCUT2D eigenvalue weighted by molar-refractivity contribution is -0.144. The summed E-state index contributed by atoms with van der Waals surface area (Å²) in [4.78, 5) is 24.8. The van der Waals surface area contributed by atoms with Gasteiger partial charge in [-0.05, 0) is 25.5 Å². The molecule has 0 radical (unpaired) electrons. The molecule has 6 nitrogen and oxygen atoms in total. The van der Waals surface area contributed by atoms with E-state index in [1.807, 2.05) is 13.8 Å². The maximum Gasteiger partial charge on any atom is 0.346 e. The Bertz CT molecular complexity index is 518. The van der Waals surface area contributed by atoms with E-state index < -0.39 is 12.1 Å². The number of nitrogens with zero attached hydrogens (tertiary/aromatic N) is 1. The molecule has 0 saturated heterocycles. The van der Waals surface area contributed by atoms with E-state index in [0.717, 1.165) is 6.42 Å². The van der Waals surface area contributed by atoms with Crippen LogP contribution >= 0.6 is 0 Å². The zero-order valence-corrected chi connectivity index (χ0v) is 11.5. The van der Waals surface area contributed by atoms with Gasteiger partial charge in [-0.25, -0.2) is 9.59 Å². The summed E-state index contributed by atoms with van der Waals surface area (Å²) in [5, 5.41) is 11.9. The smallest absolute Gasteiger partial charge is 0.346 e. The summed E-state index contributed by atoms with van der Waals surface area (Å²) in [5.74, 6) is -0.675. The van der Waals surface area contributed by atoms with E-state index in [1.165, 1.54) is 4.90 Å². The van der Waals surface area contributed by atoms with Crippen LogP contribution in [0.1, 0.15) is 20.3 Å². The van der Waals surface area contributed by atoms with Crippen molar-refractivity contribution in [1.29, 1.82) is 0 Å². The maximum absolute atomic E-state index is 12.3. The van der Waals surface area contributed by atoms with Crippen LogP contribution in [-0.2, 0) is 4.79 Å². The number of carboxylic acids is 1. The molecule has 0 aliphatic carbocycles. The van der Waals surface area contributed by atoms with Gasteiger partial charge >= 0.3 is 12.0 Å². The van der Waals surface area contributed by atoms with Crippen LogP contribution in [0.15, 0.2) is 24.3 Å². The number of hydrogen-bond acceptors (Lipinski definition) is 3. The molecule has 1 aliphatic rings. The number of carbonyl (C=O) groups excluding carboxylic acids is 1. The molecule has 0 fully saturated rings. The molecule has 0 aromatic heterocycles. The quantitative estimate of drug-likeness (QED) is 0.884. The average Bonchev–Trinajstić information content (AvgIpc) is 2.45. The normalized spacial score (nSPS) is 18.7. The van der Waals surface area contributed by atoms with Crippen molar-refractivity contribution < 1.29 is 19.4 Å². The van der Waals surface area contributed by atoms with Gasteiger partial charge in [-0.15, -0.1) is 0 Å². The number of rotatable bonds is 3. The average molecular weight is 278 g/mol. The van der Waals surface area contributed by atoms with Crippen molar-refractivity contribution in [1.82, 2.24) is 5.32 Å². The van der Waals surface area contributed by atoms with Gasteiger partial charge in [0, 0.05) is 6.04 Å². The van der Waals surface area contributed by atoms with Crippen LogP contribution in [0.2, 0.25) is 0 Å². The standard InChI is InChI=1S/C14H18N2O4/c1-3-9(2)15-14(19)16-8-12(13(17)18)20-11-7-5-4-6-10(11)16/h4-7,9,12H,3,8H2,1-2H3,(H,15,19)(H,17,18). The van der Waals surface area contributed by atoms with E-state index in [-0.39, 0.29) is 18.6 Å². The summed E-state index contributed by atoms with van der Waals surface area (Å²) >= 11 is 0. The highest BCUT2D eigenvalue weighted by Gasteiger charge is 2.33. The van der Waals surface area contributed by atoms with Crippen molar-refractivity contribution in [2.45, 2.75) is 32.4 Å². The van der Waals surface area contributed by atoms with Gasteiger partial charge in [-0.1, -0.05) is 19.1 Å². The highest BCUT2D eigenvalue weighted by Crippen LogP contribution is 2.33. The fraction of sp³-hybridized carbons (Fsp3) is 0.429. The second-order valence-corrected chi connectivity index (χ2v) is 4.78. The molecular formula is C14H18N2O4. The number of fused-ring (bicyclic) bond motifs is 1. The van der Waals surface area contributed by atoms with Crippen LogP contribution in [0.3, 0.4) is 0 Å². The summed E-state index contributed by atoms with van der Waals surface area (Å²) in [6, 6.07) is 6.65. The number of benzene rings is 1. The first-order chi connectivity index (χ1) is 9.52. The van der Waals surface area contributed by atoms with Gasteiger partial charge in [-0.2, -0.15) is 0 Å². The van der Waals surface area contributed by atoms with Gasteiger partial charge in [0.25, 0.3) is 0 Å². The SMILES string of the molecule is CCC(C)NC(=O)N1CC(C(=O)O)Oc2ccccc21. The zero-order valence-electron chi connectivity index (χ0n) is 11.5. The molecule has 2 amide bonds. The molecule has 0 spiro atoms. The van der Waals surface area contributed by atoms with Crippen molar-refractivity contribution in [2.75, 3.05) is 11.4 Å². The second kappa shape index (κ2) is 5.81. The molecule has 0 saturated carbocycles. The summed E-state index contributed by atoms with van der Waals surface area (Å²) < 4.78 is 5.38. The van der Waals surface area contributed by atoms with Crippen LogP contribution in [0.4, 0.5) is 10.5 Å². The van der Waals surface area contributed by atoms with Gasteiger partial charge in [-0.3, -0.25) is 4.90 Å². The van der Waals surface area contributed by atoms with E-state index in [0.29, 0.717) is 11.4 Å². The van der Waals surface area contributed by atoms with Crippen LogP contribution in [0.5, 0.6) is 5.75 Å². The monoisotopic (exact) mass is 278 g/mol. The number of carboxylic acid groups (broad SMARTS) is 1. The highest BCUT2D eigenvalue weighted by atomic mass is 16.5. The van der Waals surface area contributed by atoms with Gasteiger partial charge < -0.3 is 15.2 Å². The molecule has 2 rings (SSSR count). The van der Waals surface area contributed by atoms with E-state index in [4.69, 9.17) is 9.84 Å². The van der Waals surface area contributed by atoms with Gasteiger partial charge in [0.1, 0.15) is 5.75 Å². The first-order valence-corrected chi connectivity index (χ1v) is 6.59. The Labute approximate surface area is 117 Å². The van der Waals surface area contributed by atoms with E-state index in [1.54, 1.807) is 24.3 Å². The number of nitrogens with one attached hydrogen (secondary N) is 1. The Kier molecular flexibility index (Phi) is 4.12. The maximum atomic E-state index is 12.3. The van der Waals surface area contributed by atoms with Crippen LogP contribution in [0, 0.1) is 0 Å². The van der Waals surface area contributed by atoms with Gasteiger partial charge in [0.05, 0.1) is 12.2 Å². The van der Waals surface area contributed by atoms with Crippen LogP contribution in [-0.4, -0.2) is 35.8 Å². The number of para-hydroxylation sites is 2. The molecule has 1 aromatic rings. The lowest BCUT2D eigenvalue weighted by atomic mass is 10.2. The Hall–Kier alpha value is -2.24. The van der Waals surface area contributed by atoms with E-state index >= 15 is 0 Å². The first-order valence-electron chi connectivity index (χ1n) is 6.59. The summed E-state index contributed by atoms with van der Waals surface area (Å²) in [5.41, 5.74) is 0.589. The lowest BCUT2D eigenvalue weighted by Crippen LogP contribution is -2.52. The van der Waals surface area contributed by atoms with Gasteiger partial charge in [0.2, 0.25) is 6.10 Å². The zero-order chi connectivity index (χ0) is 14.7. The number of hydrogen-bond donors (Lipinski definition) is 2. The van der Waals surface area contributed by atoms with Crippen LogP contribution < -0.4 is 15.0 Å². The van der Waals surface area contributed by atoms with Gasteiger partial charge in [0.15, 0.2) is 0 Å². The predicted octanol–water partition coefficient (Wildman–Crippen LogP) is 1.85. The summed E-state index contributed by atoms with van der Waals surface area (Å²) in [6.45, 7) is 3.87. The number of anilines is 1. The molecule has 2 N–H and O–H groups in total. The van der Waals surface area contributed by atoms with E-state index in [9.17, 15) is 9.59 Å². The third-order valence-corrected chi connectivity index (χ3v) is 3.28. The predicted molar refractivity (Wildman–Crippen MR) is 74.1 cm³/mol. The first kappa shape index (κ1) is 14.2. The fourth-order valence-corrected chi connectivity index (χ4v) is 1.95. The molecular weight excluding hydrogens is 260 g/mol. The number of urea groups is 1. The van der Waals surface area contributed by atoms with Crippen molar-refractivity contribution >= 4 is 17.7 Å². The second-order valence-electron chi connectivity index (χ2n) is 4.78. The Balaban J connectivity index is 2.26. The molecule has 6 heteroatoms.